The number of para-hydroxylation sites is 1. The average Bonchev–Trinajstić information content (AvgIpc) is 2.85. The van der Waals surface area contributed by atoms with Gasteiger partial charge in [0.1, 0.15) is 0 Å². The lowest BCUT2D eigenvalue weighted by Crippen LogP contribution is -2.42. The van der Waals surface area contributed by atoms with E-state index in [0.29, 0.717) is 55.4 Å². The maximum atomic E-state index is 12.9. The predicted octanol–water partition coefficient (Wildman–Crippen LogP) is 2.85. The molecule has 0 unspecified atom stereocenters. The molecular weight excluding hydrogens is 466 g/mol. The number of sulfonamides is 1. The van der Waals surface area contributed by atoms with Crippen LogP contribution in [0.5, 0.6) is 0 Å². The fourth-order valence-corrected chi connectivity index (χ4v) is 5.66. The number of anilines is 1. The average molecular weight is 492 g/mol. The fraction of sp³-hybridized carbons (Fsp3) is 0.391. The molecule has 0 aromatic heterocycles. The molecule has 8 nitrogen and oxygen atoms in total. The topological polar surface area (TPSA) is 96.0 Å². The molecule has 0 spiro atoms. The highest BCUT2D eigenvalue weighted by Gasteiger charge is 2.32. The van der Waals surface area contributed by atoms with Crippen molar-refractivity contribution < 1.29 is 22.7 Å². The molecule has 2 aromatic rings. The van der Waals surface area contributed by atoms with E-state index in [2.05, 4.69) is 5.32 Å². The van der Waals surface area contributed by atoms with Gasteiger partial charge in [0, 0.05) is 37.1 Å². The Balaban J connectivity index is 1.39. The number of carbonyl (C=O) groups excluding carboxylic acids is 2. The van der Waals surface area contributed by atoms with Crippen molar-refractivity contribution in [2.24, 2.45) is 5.92 Å². The van der Waals surface area contributed by atoms with Crippen LogP contribution in [0.15, 0.2) is 53.4 Å². The van der Waals surface area contributed by atoms with Gasteiger partial charge >= 0.3 is 0 Å². The number of benzene rings is 2. The lowest BCUT2D eigenvalue weighted by molar-refractivity contribution is -0.120. The first-order valence-electron chi connectivity index (χ1n) is 10.9. The molecule has 0 radical (unpaired) electrons. The first-order chi connectivity index (χ1) is 15.9. The second kappa shape index (κ2) is 10.2. The van der Waals surface area contributed by atoms with E-state index in [1.54, 1.807) is 41.3 Å². The lowest BCUT2D eigenvalue weighted by Gasteiger charge is -2.31. The molecule has 0 aliphatic carbocycles. The van der Waals surface area contributed by atoms with Gasteiger partial charge in [-0.3, -0.25) is 9.59 Å². The van der Waals surface area contributed by atoms with E-state index in [9.17, 15) is 18.0 Å². The molecule has 2 aliphatic heterocycles. The maximum absolute atomic E-state index is 12.9. The summed E-state index contributed by atoms with van der Waals surface area (Å²) in [6.07, 6.45) is 0.802. The lowest BCUT2D eigenvalue weighted by atomic mass is 9.97. The Kier molecular flexibility index (Phi) is 7.33. The zero-order valence-electron chi connectivity index (χ0n) is 18.1. The highest BCUT2D eigenvalue weighted by atomic mass is 35.5. The number of hydrogen-bond acceptors (Lipinski definition) is 5. The van der Waals surface area contributed by atoms with Crippen LogP contribution in [0.3, 0.4) is 0 Å². The van der Waals surface area contributed by atoms with E-state index in [1.165, 1.54) is 16.4 Å². The summed E-state index contributed by atoms with van der Waals surface area (Å²) in [6.45, 7) is 2.52. The van der Waals surface area contributed by atoms with Gasteiger partial charge < -0.3 is 15.0 Å². The summed E-state index contributed by atoms with van der Waals surface area (Å²) >= 11 is 5.86. The highest BCUT2D eigenvalue weighted by molar-refractivity contribution is 7.89. The minimum absolute atomic E-state index is 0.141. The first-order valence-corrected chi connectivity index (χ1v) is 12.7. The smallest absolute Gasteiger partial charge is 0.256 e. The number of piperidine rings is 1. The number of carbonyl (C=O) groups is 2. The molecule has 33 heavy (non-hydrogen) atoms. The Labute approximate surface area is 198 Å². The van der Waals surface area contributed by atoms with Gasteiger partial charge in [-0.1, -0.05) is 23.7 Å². The molecule has 2 aromatic carbocycles. The van der Waals surface area contributed by atoms with Crippen LogP contribution in [0, 0.1) is 5.92 Å². The van der Waals surface area contributed by atoms with E-state index >= 15 is 0 Å². The Bertz CT molecular complexity index is 1110. The van der Waals surface area contributed by atoms with E-state index in [-0.39, 0.29) is 35.7 Å². The summed E-state index contributed by atoms with van der Waals surface area (Å²) in [5, 5.41) is 3.36. The molecule has 2 amide bonds. The second-order valence-electron chi connectivity index (χ2n) is 8.07. The summed E-state index contributed by atoms with van der Waals surface area (Å²) in [7, 11) is -3.63. The van der Waals surface area contributed by atoms with Gasteiger partial charge in [0.05, 0.1) is 29.4 Å². The van der Waals surface area contributed by atoms with Gasteiger partial charge in [-0.25, -0.2) is 8.42 Å². The number of ether oxygens (including phenoxy) is 1. The summed E-state index contributed by atoms with van der Waals surface area (Å²) in [5.41, 5.74) is 0.908. The van der Waals surface area contributed by atoms with Crippen molar-refractivity contribution in [1.82, 2.24) is 9.21 Å². The maximum Gasteiger partial charge on any atom is 0.256 e. The fourth-order valence-electron chi connectivity index (χ4n) is 4.06. The summed E-state index contributed by atoms with van der Waals surface area (Å²) < 4.78 is 32.4. The zero-order valence-corrected chi connectivity index (χ0v) is 19.6. The summed E-state index contributed by atoms with van der Waals surface area (Å²) in [6, 6.07) is 13.0. The van der Waals surface area contributed by atoms with Gasteiger partial charge in [0.2, 0.25) is 15.9 Å². The van der Waals surface area contributed by atoms with Crippen LogP contribution in [0.4, 0.5) is 5.69 Å². The Morgan fingerprint density at radius 3 is 2.24 bits per heavy atom. The Morgan fingerprint density at radius 2 is 1.58 bits per heavy atom. The standard InChI is InChI=1S/C23H26ClN3O5S/c24-18-5-7-19(8-6-18)33(30,31)27-11-9-17(10-12-27)22(28)25-21-4-2-1-3-20(21)23(29)26-13-15-32-16-14-26/h1-8,17H,9-16H2,(H,25,28). The van der Waals surface area contributed by atoms with E-state index in [4.69, 9.17) is 16.3 Å². The van der Waals surface area contributed by atoms with Crippen molar-refractivity contribution in [2.75, 3.05) is 44.7 Å². The normalized spacial score (nSPS) is 18.2. The molecule has 2 heterocycles. The van der Waals surface area contributed by atoms with Gasteiger partial charge in [-0.15, -0.1) is 0 Å². The molecule has 0 saturated carbocycles. The summed E-state index contributed by atoms with van der Waals surface area (Å²) in [4.78, 5) is 27.8. The third-order valence-corrected chi connectivity index (χ3v) is 8.15. The van der Waals surface area contributed by atoms with Crippen molar-refractivity contribution >= 4 is 39.1 Å². The van der Waals surface area contributed by atoms with E-state index in [1.807, 2.05) is 0 Å². The van der Waals surface area contributed by atoms with Crippen LogP contribution in [-0.2, 0) is 19.6 Å². The Hall–Kier alpha value is -2.46. The van der Waals surface area contributed by atoms with Crippen molar-refractivity contribution in [3.05, 3.63) is 59.1 Å². The van der Waals surface area contributed by atoms with Crippen LogP contribution < -0.4 is 5.32 Å². The SMILES string of the molecule is O=C(Nc1ccccc1C(=O)N1CCOCC1)C1CCN(S(=O)(=O)c2ccc(Cl)cc2)CC1. The molecule has 176 valence electrons. The van der Waals surface area contributed by atoms with Crippen LogP contribution >= 0.6 is 11.6 Å². The van der Waals surface area contributed by atoms with Crippen LogP contribution in [0.2, 0.25) is 5.02 Å². The molecule has 2 aliphatic rings. The van der Waals surface area contributed by atoms with Crippen molar-refractivity contribution in [2.45, 2.75) is 17.7 Å². The minimum Gasteiger partial charge on any atom is -0.378 e. The summed E-state index contributed by atoms with van der Waals surface area (Å²) in [5.74, 6) is -0.688. The third kappa shape index (κ3) is 5.38. The first kappa shape index (κ1) is 23.7. The molecule has 0 bridgehead atoms. The monoisotopic (exact) mass is 491 g/mol. The Morgan fingerprint density at radius 1 is 0.939 bits per heavy atom. The molecule has 10 heteroatoms. The number of halogens is 1. The molecule has 4 rings (SSSR count). The molecule has 2 fully saturated rings. The van der Waals surface area contributed by atoms with Crippen molar-refractivity contribution in [3.8, 4) is 0 Å². The number of rotatable bonds is 5. The quantitative estimate of drug-likeness (QED) is 0.693. The number of amides is 2. The van der Waals surface area contributed by atoms with Gasteiger partial charge in [-0.05, 0) is 49.2 Å². The highest BCUT2D eigenvalue weighted by Crippen LogP contribution is 2.26. The van der Waals surface area contributed by atoms with E-state index in [0.717, 1.165) is 0 Å². The minimum atomic E-state index is -3.63. The van der Waals surface area contributed by atoms with Crippen molar-refractivity contribution in [3.63, 3.8) is 0 Å². The number of morpholine rings is 1. The second-order valence-corrected chi connectivity index (χ2v) is 10.4. The number of nitrogens with one attached hydrogen (secondary N) is 1. The zero-order chi connectivity index (χ0) is 23.4. The molecule has 1 N–H and O–H groups in total. The van der Waals surface area contributed by atoms with Crippen LogP contribution in [-0.4, -0.2) is 68.8 Å². The largest absolute Gasteiger partial charge is 0.378 e. The predicted molar refractivity (Wildman–Crippen MR) is 125 cm³/mol. The number of hydrogen-bond donors (Lipinski definition) is 1. The van der Waals surface area contributed by atoms with Crippen LogP contribution in [0.1, 0.15) is 23.2 Å². The molecule has 2 saturated heterocycles. The van der Waals surface area contributed by atoms with Gasteiger partial charge in [0.25, 0.3) is 5.91 Å². The van der Waals surface area contributed by atoms with Crippen molar-refractivity contribution in [1.29, 1.82) is 0 Å². The van der Waals surface area contributed by atoms with Gasteiger partial charge in [0.15, 0.2) is 0 Å². The number of nitrogens with zero attached hydrogens (tertiary/aromatic N) is 2. The molecular formula is C23H26ClN3O5S. The van der Waals surface area contributed by atoms with Gasteiger partial charge in [-0.2, -0.15) is 4.31 Å². The van der Waals surface area contributed by atoms with Crippen LogP contribution in [0.25, 0.3) is 0 Å². The molecule has 0 atom stereocenters. The van der Waals surface area contributed by atoms with E-state index < -0.39 is 10.0 Å². The third-order valence-electron chi connectivity index (χ3n) is 5.99.